The van der Waals surface area contributed by atoms with Gasteiger partial charge in [-0.2, -0.15) is 13.2 Å². The summed E-state index contributed by atoms with van der Waals surface area (Å²) in [4.78, 5) is 53.3. The first-order chi connectivity index (χ1) is 23.5. The van der Waals surface area contributed by atoms with E-state index >= 15 is 0 Å². The molecule has 0 bridgehead atoms. The fraction of sp³-hybridized carbons (Fsp3) is 0.500. The number of alkyl halides is 3. The second kappa shape index (κ2) is 14.4. The minimum atomic E-state index is -4.80. The summed E-state index contributed by atoms with van der Waals surface area (Å²) in [6, 6.07) is 2.56. The number of pyridine rings is 1. The highest BCUT2D eigenvalue weighted by molar-refractivity contribution is 5.88. The average molecular weight is 686 g/mol. The fourth-order valence-corrected chi connectivity index (χ4v) is 6.54. The third kappa shape index (κ3) is 7.62. The van der Waals surface area contributed by atoms with E-state index < -0.39 is 17.8 Å². The smallest absolute Gasteiger partial charge is 0.417 e. The Morgan fingerprint density at radius 3 is 2.55 bits per heavy atom. The number of amides is 3. The van der Waals surface area contributed by atoms with Crippen molar-refractivity contribution in [3.05, 3.63) is 48.3 Å². The predicted octanol–water partition coefficient (Wildman–Crippen LogP) is 3.04. The Morgan fingerprint density at radius 1 is 1.10 bits per heavy atom. The normalized spacial score (nSPS) is 18.9. The van der Waals surface area contributed by atoms with Gasteiger partial charge in [0.05, 0.1) is 31.5 Å². The van der Waals surface area contributed by atoms with E-state index in [0.717, 1.165) is 37.8 Å². The number of carbonyl (C=O) groups excluding carboxylic acids is 3. The van der Waals surface area contributed by atoms with E-state index in [1.165, 1.54) is 6.08 Å². The number of aromatic nitrogens is 4. The van der Waals surface area contributed by atoms with E-state index in [9.17, 15) is 27.6 Å². The van der Waals surface area contributed by atoms with Crippen LogP contribution in [-0.4, -0.2) is 124 Å². The third-order valence-electron chi connectivity index (χ3n) is 9.05. The van der Waals surface area contributed by atoms with Gasteiger partial charge in [0.15, 0.2) is 11.6 Å². The summed E-state index contributed by atoms with van der Waals surface area (Å²) < 4.78 is 54.4. The molecular formula is C32H38F3N9O5. The molecule has 0 spiro atoms. The van der Waals surface area contributed by atoms with Crippen molar-refractivity contribution in [1.29, 1.82) is 0 Å². The molecule has 17 heteroatoms. The number of halogens is 3. The third-order valence-corrected chi connectivity index (χ3v) is 9.05. The molecule has 1 atom stereocenters. The van der Waals surface area contributed by atoms with Gasteiger partial charge in [-0.25, -0.2) is 19.3 Å². The maximum absolute atomic E-state index is 14.3. The molecule has 0 aromatic carbocycles. The van der Waals surface area contributed by atoms with Crippen LogP contribution in [0.15, 0.2) is 37.2 Å². The summed E-state index contributed by atoms with van der Waals surface area (Å²) >= 11 is 0. The number of carbonyl (C=O) groups is 3. The van der Waals surface area contributed by atoms with Gasteiger partial charge in [0.2, 0.25) is 11.8 Å². The number of nitrogens with one attached hydrogen (secondary N) is 1. The molecule has 6 heterocycles. The van der Waals surface area contributed by atoms with Gasteiger partial charge in [0, 0.05) is 77.2 Å². The molecule has 0 aliphatic carbocycles. The second-order valence-corrected chi connectivity index (χ2v) is 12.2. The zero-order valence-corrected chi connectivity index (χ0v) is 27.1. The molecule has 1 unspecified atom stereocenters. The quantitative estimate of drug-likeness (QED) is 0.353. The van der Waals surface area contributed by atoms with Crippen molar-refractivity contribution >= 4 is 35.1 Å². The molecule has 6 rings (SSSR count). The Morgan fingerprint density at radius 2 is 1.86 bits per heavy atom. The average Bonchev–Trinajstić information content (AvgIpc) is 3.74. The minimum Gasteiger partial charge on any atom is -0.453 e. The Hall–Kier alpha value is -4.77. The molecule has 262 valence electrons. The predicted molar refractivity (Wildman–Crippen MR) is 172 cm³/mol. The van der Waals surface area contributed by atoms with Gasteiger partial charge in [-0.3, -0.25) is 19.8 Å². The van der Waals surface area contributed by atoms with Crippen molar-refractivity contribution in [3.8, 4) is 11.4 Å². The van der Waals surface area contributed by atoms with Crippen LogP contribution in [-0.2, 0) is 31.8 Å². The van der Waals surface area contributed by atoms with Gasteiger partial charge in [-0.1, -0.05) is 6.58 Å². The number of nitrogens with zero attached hydrogens (tertiary/aromatic N) is 8. The number of likely N-dealkylation sites (tertiary alicyclic amines) is 1. The van der Waals surface area contributed by atoms with Gasteiger partial charge < -0.3 is 24.2 Å². The maximum Gasteiger partial charge on any atom is 0.417 e. The highest BCUT2D eigenvalue weighted by Gasteiger charge is 2.36. The van der Waals surface area contributed by atoms with Crippen LogP contribution < -0.4 is 10.2 Å². The number of hydrogen-bond donors (Lipinski definition) is 1. The van der Waals surface area contributed by atoms with Gasteiger partial charge in [0.25, 0.3) is 0 Å². The molecule has 49 heavy (non-hydrogen) atoms. The number of fused-ring (bicyclic) bond motifs is 1. The lowest BCUT2D eigenvalue weighted by molar-refractivity contribution is -0.137. The number of morpholine rings is 1. The van der Waals surface area contributed by atoms with Crippen LogP contribution in [0.2, 0.25) is 0 Å². The van der Waals surface area contributed by atoms with E-state index in [4.69, 9.17) is 4.74 Å². The molecule has 3 amide bonds. The zero-order chi connectivity index (χ0) is 34.7. The first kappa shape index (κ1) is 34.1. The first-order valence-electron chi connectivity index (χ1n) is 16.1. The summed E-state index contributed by atoms with van der Waals surface area (Å²) in [6.07, 6.45) is 0.286. The van der Waals surface area contributed by atoms with E-state index in [2.05, 4.69) is 36.6 Å². The summed E-state index contributed by atoms with van der Waals surface area (Å²) in [5.74, 6) is -0.149. The van der Waals surface area contributed by atoms with Crippen LogP contribution >= 0.6 is 0 Å². The zero-order valence-electron chi connectivity index (χ0n) is 27.1. The van der Waals surface area contributed by atoms with Gasteiger partial charge in [-0.15, -0.1) is 5.10 Å². The van der Waals surface area contributed by atoms with E-state index in [1.54, 1.807) is 15.6 Å². The summed E-state index contributed by atoms with van der Waals surface area (Å²) in [5.41, 5.74) is 0.117. The standard InChI is InChI=1S/C32H38F3N9O5/c1-3-27(45)43-6-4-5-22(43)16-28(46)41-9-7-40(8-10-41)19-21-15-25-30(42-11-13-49-14-12-42)38-29(39-44(25)20-21)23-18-36-26(37-31(47)48-2)17-24(23)32(33,34)35/h3,15,17-18,20,22H,1,4-14,16,19H2,2H3,(H,36,37,47). The Bertz CT molecular complexity index is 1720. The number of ether oxygens (including phenoxy) is 2. The molecule has 3 aliphatic rings. The molecule has 3 saturated heterocycles. The number of piperazine rings is 1. The molecule has 14 nitrogen and oxygen atoms in total. The number of anilines is 2. The molecule has 1 N–H and O–H groups in total. The molecule has 3 aromatic heterocycles. The monoisotopic (exact) mass is 685 g/mol. The van der Waals surface area contributed by atoms with Gasteiger partial charge >= 0.3 is 12.3 Å². The summed E-state index contributed by atoms with van der Waals surface area (Å²) in [6.45, 7) is 8.99. The summed E-state index contributed by atoms with van der Waals surface area (Å²) in [7, 11) is 1.10. The Labute approximate surface area is 280 Å². The topological polar surface area (TPSA) is 138 Å². The molecular weight excluding hydrogens is 647 g/mol. The molecule has 0 radical (unpaired) electrons. The van der Waals surface area contributed by atoms with Crippen LogP contribution in [0.3, 0.4) is 0 Å². The highest BCUT2D eigenvalue weighted by Crippen LogP contribution is 2.38. The van der Waals surface area contributed by atoms with Gasteiger partial charge in [0.1, 0.15) is 11.3 Å². The lowest BCUT2D eigenvalue weighted by atomic mass is 10.1. The van der Waals surface area contributed by atoms with Crippen molar-refractivity contribution in [2.75, 3.05) is 76.4 Å². The van der Waals surface area contributed by atoms with Crippen LogP contribution in [0.1, 0.15) is 30.4 Å². The van der Waals surface area contributed by atoms with Crippen molar-refractivity contribution in [2.24, 2.45) is 0 Å². The maximum atomic E-state index is 14.3. The highest BCUT2D eigenvalue weighted by atomic mass is 19.4. The molecule has 3 aliphatic heterocycles. The van der Waals surface area contributed by atoms with Crippen LogP contribution in [0, 0.1) is 0 Å². The van der Waals surface area contributed by atoms with E-state index in [0.29, 0.717) is 83.3 Å². The van der Waals surface area contributed by atoms with Crippen molar-refractivity contribution < 1.29 is 37.0 Å². The van der Waals surface area contributed by atoms with Crippen molar-refractivity contribution in [3.63, 3.8) is 0 Å². The van der Waals surface area contributed by atoms with Crippen molar-refractivity contribution in [2.45, 2.75) is 38.0 Å². The number of rotatable bonds is 8. The van der Waals surface area contributed by atoms with Crippen LogP contribution in [0.4, 0.5) is 29.6 Å². The Balaban J connectivity index is 1.21. The minimum absolute atomic E-state index is 0.0304. The fourth-order valence-electron chi connectivity index (χ4n) is 6.54. The lowest BCUT2D eigenvalue weighted by Gasteiger charge is -2.35. The number of methoxy groups -OCH3 is 1. The Kier molecular flexibility index (Phi) is 10.0. The van der Waals surface area contributed by atoms with Gasteiger partial charge in [-0.05, 0) is 36.6 Å². The van der Waals surface area contributed by atoms with Crippen LogP contribution in [0.5, 0.6) is 0 Å². The van der Waals surface area contributed by atoms with Crippen LogP contribution in [0.25, 0.3) is 16.9 Å². The largest absolute Gasteiger partial charge is 0.453 e. The first-order valence-corrected chi connectivity index (χ1v) is 16.1. The van der Waals surface area contributed by atoms with E-state index in [-0.39, 0.29) is 35.1 Å². The lowest BCUT2D eigenvalue weighted by Crippen LogP contribution is -2.49. The SMILES string of the molecule is C=CC(=O)N1CCCC1CC(=O)N1CCN(Cc2cc3c(N4CCOCC4)nc(-c4cnc(NC(=O)OC)cc4C(F)(F)F)nn3c2)CC1. The summed E-state index contributed by atoms with van der Waals surface area (Å²) in [5, 5.41) is 6.66. The van der Waals surface area contributed by atoms with Crippen molar-refractivity contribution in [1.82, 2.24) is 34.3 Å². The molecule has 3 aromatic rings. The molecule has 3 fully saturated rings. The van der Waals surface area contributed by atoms with E-state index in [1.807, 2.05) is 15.9 Å². The second-order valence-electron chi connectivity index (χ2n) is 12.2. The number of hydrogen-bond acceptors (Lipinski definition) is 10. The molecule has 0 saturated carbocycles.